The van der Waals surface area contributed by atoms with Gasteiger partial charge in [0.1, 0.15) is 5.52 Å². The van der Waals surface area contributed by atoms with Crippen molar-refractivity contribution < 1.29 is 14.3 Å². The summed E-state index contributed by atoms with van der Waals surface area (Å²) in [4.78, 5) is 38.3. The molecule has 0 aromatic carbocycles. The summed E-state index contributed by atoms with van der Waals surface area (Å²) in [7, 11) is -2.23. The molecule has 0 fully saturated rings. The van der Waals surface area contributed by atoms with Crippen LogP contribution in [0.15, 0.2) is 17.3 Å². The van der Waals surface area contributed by atoms with Gasteiger partial charge in [0.05, 0.1) is 18.5 Å². The van der Waals surface area contributed by atoms with Crippen LogP contribution >= 0.6 is 8.60 Å². The Bertz CT molecular complexity index is 613. The first-order chi connectivity index (χ1) is 10.2. The van der Waals surface area contributed by atoms with Crippen molar-refractivity contribution in [3.05, 3.63) is 28.4 Å². The van der Waals surface area contributed by atoms with Gasteiger partial charge in [0.25, 0.3) is 5.56 Å². The minimum Gasteiger partial charge on any atom is -0.355 e. The first kappa shape index (κ1) is 16.1. The van der Waals surface area contributed by atoms with Crippen LogP contribution in [0, 0.1) is 0 Å². The number of nitrogens with zero attached hydrogens (tertiary/aromatic N) is 1. The SMILES string of the molecule is O=c1[nH]cnc2c(CNCCCCCOP(O)O)c[nH]c12. The molecule has 0 saturated carbocycles. The molecule has 9 heteroatoms. The van der Waals surface area contributed by atoms with E-state index in [1.807, 2.05) is 0 Å². The third-order valence-corrected chi connectivity index (χ3v) is 3.48. The molecule has 2 aromatic heterocycles. The highest BCUT2D eigenvalue weighted by molar-refractivity contribution is 7.39. The average Bonchev–Trinajstić information content (AvgIpc) is 2.86. The monoisotopic (exact) mass is 314 g/mol. The molecule has 0 saturated heterocycles. The molecule has 0 bridgehead atoms. The molecule has 0 aliphatic rings. The van der Waals surface area contributed by atoms with Gasteiger partial charge < -0.3 is 29.6 Å². The van der Waals surface area contributed by atoms with E-state index in [0.29, 0.717) is 24.2 Å². The Morgan fingerprint density at radius 2 is 2.14 bits per heavy atom. The second kappa shape index (κ2) is 8.21. The van der Waals surface area contributed by atoms with E-state index < -0.39 is 8.60 Å². The number of aromatic nitrogens is 3. The molecule has 2 rings (SSSR count). The van der Waals surface area contributed by atoms with Crippen LogP contribution in [-0.2, 0) is 11.1 Å². The number of aromatic amines is 2. The largest absolute Gasteiger partial charge is 0.355 e. The smallest absolute Gasteiger partial charge is 0.327 e. The third-order valence-electron chi connectivity index (χ3n) is 3.07. The van der Waals surface area contributed by atoms with Crippen molar-refractivity contribution in [2.75, 3.05) is 13.2 Å². The second-order valence-corrected chi connectivity index (χ2v) is 5.36. The fourth-order valence-electron chi connectivity index (χ4n) is 2.04. The minimum atomic E-state index is -2.23. The van der Waals surface area contributed by atoms with Gasteiger partial charge in [-0.3, -0.25) is 4.79 Å². The molecular formula is C12H19N4O4P. The van der Waals surface area contributed by atoms with Crippen molar-refractivity contribution in [2.45, 2.75) is 25.8 Å². The van der Waals surface area contributed by atoms with Crippen LogP contribution in [0.4, 0.5) is 0 Å². The Hall–Kier alpha value is -1.31. The molecule has 2 heterocycles. The standard InChI is InChI=1S/C12H19N4O4P/c17-12-11-10(15-8-16-12)9(7-14-11)6-13-4-2-1-3-5-20-21(18)19/h7-8,13-14,18-19H,1-6H2,(H,15,16,17). The van der Waals surface area contributed by atoms with Crippen LogP contribution < -0.4 is 10.9 Å². The Kier molecular flexibility index (Phi) is 6.28. The lowest BCUT2D eigenvalue weighted by Crippen LogP contribution is -2.15. The van der Waals surface area contributed by atoms with E-state index in [9.17, 15) is 4.79 Å². The van der Waals surface area contributed by atoms with Gasteiger partial charge in [0.2, 0.25) is 0 Å². The molecule has 5 N–H and O–H groups in total. The maximum Gasteiger partial charge on any atom is 0.327 e. The van der Waals surface area contributed by atoms with Crippen LogP contribution in [0.25, 0.3) is 11.0 Å². The van der Waals surface area contributed by atoms with Crippen LogP contribution in [0.1, 0.15) is 24.8 Å². The molecule has 8 nitrogen and oxygen atoms in total. The van der Waals surface area contributed by atoms with Crippen molar-refractivity contribution in [1.82, 2.24) is 20.3 Å². The zero-order valence-corrected chi connectivity index (χ0v) is 12.4. The normalized spacial score (nSPS) is 11.6. The molecule has 0 spiro atoms. The van der Waals surface area contributed by atoms with Gasteiger partial charge in [-0.2, -0.15) is 0 Å². The molecule has 2 aromatic rings. The van der Waals surface area contributed by atoms with Gasteiger partial charge in [-0.1, -0.05) is 0 Å². The molecule has 0 unspecified atom stereocenters. The Labute approximate surface area is 122 Å². The summed E-state index contributed by atoms with van der Waals surface area (Å²) in [6, 6.07) is 0. The predicted molar refractivity (Wildman–Crippen MR) is 79.6 cm³/mol. The number of rotatable bonds is 9. The van der Waals surface area contributed by atoms with Crippen LogP contribution in [0.5, 0.6) is 0 Å². The molecule has 0 radical (unpaired) electrons. The quantitative estimate of drug-likeness (QED) is 0.343. The zero-order valence-electron chi connectivity index (χ0n) is 11.5. The lowest BCUT2D eigenvalue weighted by molar-refractivity contribution is 0.248. The zero-order chi connectivity index (χ0) is 15.1. The van der Waals surface area contributed by atoms with E-state index in [4.69, 9.17) is 9.79 Å². The van der Waals surface area contributed by atoms with Crippen molar-refractivity contribution >= 4 is 19.6 Å². The summed E-state index contributed by atoms with van der Waals surface area (Å²) in [6.07, 6.45) is 5.90. The van der Waals surface area contributed by atoms with Gasteiger partial charge >= 0.3 is 8.60 Å². The van der Waals surface area contributed by atoms with Crippen LogP contribution in [-0.4, -0.2) is 37.9 Å². The lowest BCUT2D eigenvalue weighted by Gasteiger charge is -2.05. The van der Waals surface area contributed by atoms with E-state index in [-0.39, 0.29) is 5.56 Å². The topological polar surface area (TPSA) is 123 Å². The van der Waals surface area contributed by atoms with Gasteiger partial charge in [0, 0.05) is 18.3 Å². The van der Waals surface area contributed by atoms with Crippen LogP contribution in [0.2, 0.25) is 0 Å². The maximum atomic E-state index is 11.5. The van der Waals surface area contributed by atoms with E-state index in [0.717, 1.165) is 31.4 Å². The lowest BCUT2D eigenvalue weighted by atomic mass is 10.2. The summed E-state index contributed by atoms with van der Waals surface area (Å²) in [5, 5.41) is 3.29. The van der Waals surface area contributed by atoms with Gasteiger partial charge in [0.15, 0.2) is 0 Å². The van der Waals surface area contributed by atoms with Crippen LogP contribution in [0.3, 0.4) is 0 Å². The Morgan fingerprint density at radius 1 is 1.29 bits per heavy atom. The summed E-state index contributed by atoms with van der Waals surface area (Å²) in [5.74, 6) is 0. The molecule has 0 aliphatic carbocycles. The Morgan fingerprint density at radius 3 is 2.95 bits per heavy atom. The fraction of sp³-hybridized carbons (Fsp3) is 0.500. The average molecular weight is 314 g/mol. The van der Waals surface area contributed by atoms with E-state index >= 15 is 0 Å². The van der Waals surface area contributed by atoms with E-state index in [2.05, 4.69) is 24.8 Å². The first-order valence-corrected chi connectivity index (χ1v) is 7.90. The molecule has 21 heavy (non-hydrogen) atoms. The second-order valence-electron chi connectivity index (χ2n) is 4.59. The molecular weight excluding hydrogens is 295 g/mol. The highest BCUT2D eigenvalue weighted by atomic mass is 31.2. The number of unbranched alkanes of at least 4 members (excludes halogenated alkanes) is 2. The maximum absolute atomic E-state index is 11.5. The van der Waals surface area contributed by atoms with Gasteiger partial charge in [-0.05, 0) is 25.8 Å². The van der Waals surface area contributed by atoms with Crippen molar-refractivity contribution in [1.29, 1.82) is 0 Å². The summed E-state index contributed by atoms with van der Waals surface area (Å²) in [5.41, 5.74) is 1.99. The number of hydrogen-bond acceptors (Lipinski definition) is 6. The molecule has 116 valence electrons. The predicted octanol–water partition coefficient (Wildman–Crippen LogP) is 0.739. The summed E-state index contributed by atoms with van der Waals surface area (Å²) >= 11 is 0. The van der Waals surface area contributed by atoms with Crippen molar-refractivity contribution in [3.63, 3.8) is 0 Å². The minimum absolute atomic E-state index is 0.168. The summed E-state index contributed by atoms with van der Waals surface area (Å²) < 4.78 is 4.68. The Balaban J connectivity index is 1.67. The number of H-pyrrole nitrogens is 2. The molecule has 0 atom stereocenters. The third kappa shape index (κ3) is 4.87. The van der Waals surface area contributed by atoms with E-state index in [1.54, 1.807) is 6.20 Å². The highest BCUT2D eigenvalue weighted by Gasteiger charge is 2.06. The number of hydrogen-bond donors (Lipinski definition) is 5. The van der Waals surface area contributed by atoms with Gasteiger partial charge in [-0.15, -0.1) is 0 Å². The molecule has 0 aliphatic heterocycles. The first-order valence-electron chi connectivity index (χ1n) is 6.73. The van der Waals surface area contributed by atoms with E-state index in [1.165, 1.54) is 6.33 Å². The molecule has 0 amide bonds. The highest BCUT2D eigenvalue weighted by Crippen LogP contribution is 2.24. The van der Waals surface area contributed by atoms with Crippen molar-refractivity contribution in [3.8, 4) is 0 Å². The number of fused-ring (bicyclic) bond motifs is 1. The van der Waals surface area contributed by atoms with Crippen molar-refractivity contribution in [2.24, 2.45) is 0 Å². The fourth-order valence-corrected chi connectivity index (χ4v) is 2.33. The van der Waals surface area contributed by atoms with Gasteiger partial charge in [-0.25, -0.2) is 4.98 Å². The number of nitrogens with one attached hydrogen (secondary N) is 3. The summed E-state index contributed by atoms with van der Waals surface area (Å²) in [6.45, 7) is 1.85.